The molecule has 1 saturated carbocycles. The summed E-state index contributed by atoms with van der Waals surface area (Å²) >= 11 is 3.09. The zero-order chi connectivity index (χ0) is 36.9. The van der Waals surface area contributed by atoms with Crippen molar-refractivity contribution in [2.75, 3.05) is 13.2 Å². The van der Waals surface area contributed by atoms with Crippen LogP contribution >= 0.6 is 32.3 Å². The third-order valence-corrected chi connectivity index (χ3v) is 13.4. The Kier molecular flexibility index (Phi) is 15.3. The Labute approximate surface area is 338 Å². The molecule has 1 aromatic carbocycles. The summed E-state index contributed by atoms with van der Waals surface area (Å²) in [5, 5.41) is 4.70. The van der Waals surface area contributed by atoms with Gasteiger partial charge in [0.1, 0.15) is 0 Å². The summed E-state index contributed by atoms with van der Waals surface area (Å²) in [6.07, 6.45) is 14.0. The molecule has 51 heavy (non-hydrogen) atoms. The van der Waals surface area contributed by atoms with Crippen molar-refractivity contribution in [3.8, 4) is 0 Å². The maximum atomic E-state index is 15.0. The second kappa shape index (κ2) is 18.8. The zero-order valence-electron chi connectivity index (χ0n) is 31.7. The number of nitrogens with zero attached hydrogens (tertiary/aromatic N) is 5. The molecule has 3 aliphatic rings. The van der Waals surface area contributed by atoms with Gasteiger partial charge in [-0.05, 0) is 37.5 Å². The van der Waals surface area contributed by atoms with Crippen LogP contribution in [0.25, 0.3) is 11.0 Å². The van der Waals surface area contributed by atoms with Crippen LogP contribution < -0.4 is 5.56 Å². The van der Waals surface area contributed by atoms with E-state index in [1.165, 1.54) is 57.8 Å². The molecule has 2 aromatic rings. The van der Waals surface area contributed by atoms with E-state index in [-0.39, 0.29) is 29.4 Å². The second-order valence-electron chi connectivity index (χ2n) is 16.7. The molecule has 12 heteroatoms. The summed E-state index contributed by atoms with van der Waals surface area (Å²) in [5.74, 6) is 1.24. The Hall–Kier alpha value is -0.698. The molecule has 2 bridgehead atoms. The van der Waals surface area contributed by atoms with Gasteiger partial charge < -0.3 is 0 Å². The number of fused-ring (bicyclic) bond motifs is 3. The first-order valence-corrected chi connectivity index (χ1v) is 22.8. The molecule has 0 radical (unpaired) electrons. The summed E-state index contributed by atoms with van der Waals surface area (Å²) < 4.78 is 9.40. The number of oxime groups is 1. The molecule has 3 fully saturated rings. The molecule has 0 N–H and O–H groups in total. The van der Waals surface area contributed by atoms with Crippen LogP contribution in [0.2, 0.25) is 0 Å². The smallest absolute Gasteiger partial charge is 0.0347 e. The van der Waals surface area contributed by atoms with Crippen molar-refractivity contribution in [1.29, 1.82) is 0 Å². The molecule has 0 amide bonds. The Bertz CT molecular complexity index is 1560. The maximum absolute atomic E-state index is 15.0. The number of carbonyl (C=O) groups excluding carboxylic acids is 1. The van der Waals surface area contributed by atoms with Crippen LogP contribution in [0.5, 0.6) is 0 Å². The third kappa shape index (κ3) is 10.3. The van der Waals surface area contributed by atoms with Gasteiger partial charge in [0.25, 0.3) is 0 Å². The first-order valence-electron chi connectivity index (χ1n) is 19.4. The topological polar surface area (TPSA) is 89.3 Å². The molecule has 3 heterocycles. The van der Waals surface area contributed by atoms with Crippen molar-refractivity contribution in [3.63, 3.8) is 0 Å². The molecule has 2 aliphatic heterocycles. The molecule has 9 nitrogen and oxygen atoms in total. The van der Waals surface area contributed by atoms with Crippen molar-refractivity contribution >= 4 is 81.1 Å². The molecule has 1 aromatic heterocycles. The van der Waals surface area contributed by atoms with E-state index in [0.717, 1.165) is 68.3 Å². The van der Waals surface area contributed by atoms with Crippen LogP contribution in [0, 0.1) is 29.1 Å². The van der Waals surface area contributed by atoms with Gasteiger partial charge in [0.2, 0.25) is 0 Å². The molecule has 2 saturated heterocycles. The fourth-order valence-corrected chi connectivity index (χ4v) is 11.9. The molecule has 9 atom stereocenters. The fraction of sp³-hybridized carbons (Fsp3) is 0.744. The van der Waals surface area contributed by atoms with Gasteiger partial charge in [-0.25, -0.2) is 0 Å². The van der Waals surface area contributed by atoms with Gasteiger partial charge in [0, 0.05) is 18.1 Å². The predicted molar refractivity (Wildman–Crippen MR) is 219 cm³/mol. The van der Waals surface area contributed by atoms with Crippen LogP contribution in [-0.2, 0) is 14.2 Å². The predicted octanol–water partition coefficient (Wildman–Crippen LogP) is 8.43. The zero-order valence-corrected chi connectivity index (χ0v) is 39.5. The monoisotopic (exact) mass is 1030 g/mol. The standard InChI is InChI=1S/C39H60IN5O4P.Tl/c1-7-28-13-10-12-25(2)18-31(19-28)44-29-14-11-15-30(44)21-32(20-29)45-34-17-9-8-16-33(34)42-36(37(45)46)35(43-48-24-26(3)23-41-40)27(4)22-39(5,6)38(47)49-50;/h8-9,16-17,25-32H,7,10-15,18-24,50H2,1-6H3;/q-1;+1/b43-35+;/t25?,26?,27?,28?,29-,30?,31?,32?;/m0./s1. The second-order valence-corrected chi connectivity index (χ2v) is 24.7. The number of hydrogen-bond acceptors (Lipinski definition) is 8. The Morgan fingerprint density at radius 1 is 1.08 bits per heavy atom. The van der Waals surface area contributed by atoms with Crippen molar-refractivity contribution in [3.05, 3.63) is 40.3 Å². The number of halogens is 1. The Morgan fingerprint density at radius 2 is 1.76 bits per heavy atom. The van der Waals surface area contributed by atoms with Gasteiger partial charge in [-0.3, -0.25) is 4.90 Å². The number of para-hydroxylation sites is 2. The quantitative estimate of drug-likeness (QED) is 0.0498. The van der Waals surface area contributed by atoms with E-state index in [1.54, 1.807) is 0 Å². The summed E-state index contributed by atoms with van der Waals surface area (Å²) in [6.45, 7) is 14.1. The van der Waals surface area contributed by atoms with E-state index in [2.05, 4.69) is 69.6 Å². The molecule has 5 rings (SSSR count). The number of aromatic nitrogens is 2. The Morgan fingerprint density at radius 3 is 2.43 bits per heavy atom. The fourth-order valence-electron chi connectivity index (χ4n) is 9.49. The first-order chi connectivity index (χ1) is 24.3. The first kappa shape index (κ1) is 41.5. The van der Waals surface area contributed by atoms with Crippen LogP contribution in [0.1, 0.15) is 130 Å². The summed E-state index contributed by atoms with van der Waals surface area (Å²) in [7, 11) is 2.07. The average Bonchev–Trinajstić information content (AvgIpc) is 3.06. The van der Waals surface area contributed by atoms with Crippen LogP contribution in [0.15, 0.2) is 34.2 Å². The van der Waals surface area contributed by atoms with Gasteiger partial charge in [0.05, 0.1) is 9.47 Å². The molecular weight excluding hydrogens is 965 g/mol. The van der Waals surface area contributed by atoms with Crippen molar-refractivity contribution in [1.82, 2.24) is 15.4 Å². The van der Waals surface area contributed by atoms with Gasteiger partial charge in [-0.1, -0.05) is 52.0 Å². The molecular formula is C39H60IN5O4PTl. The van der Waals surface area contributed by atoms with Crippen LogP contribution in [-0.4, -0.2) is 84.4 Å². The minimum atomic E-state index is -0.795. The molecule has 8 unspecified atom stereocenters. The third-order valence-electron chi connectivity index (χ3n) is 11.9. The summed E-state index contributed by atoms with van der Waals surface area (Å²) in [4.78, 5) is 41.8. The van der Waals surface area contributed by atoms with Gasteiger partial charge >= 0.3 is 219 Å². The molecule has 0 spiro atoms. The number of carbonyl (C=O) groups is 1. The number of rotatable bonds is 13. The van der Waals surface area contributed by atoms with Crippen molar-refractivity contribution < 1.29 is 14.2 Å². The molecule has 1 aliphatic carbocycles. The van der Waals surface area contributed by atoms with Crippen molar-refractivity contribution in [2.45, 2.75) is 143 Å². The van der Waals surface area contributed by atoms with E-state index in [0.29, 0.717) is 42.6 Å². The minimum Gasteiger partial charge on any atom is -0.0347 e. The van der Waals surface area contributed by atoms with E-state index >= 15 is 0 Å². The van der Waals surface area contributed by atoms with Gasteiger partial charge in [-0.15, -0.1) is 0 Å². The SMILES string of the molecule is CCC1CCCC(C)CC(N2C3CCC[C@H]2CC(n2c(=O)c(/C(=N/OCC(C)C[N](I)[Tl])C(C)CC(C)(C)C(=O)OP)nc4ccccc42)C3)C1. The van der Waals surface area contributed by atoms with Gasteiger partial charge in [0.15, 0.2) is 0 Å². The molecule has 280 valence electrons. The van der Waals surface area contributed by atoms with Crippen molar-refractivity contribution in [2.24, 2.45) is 34.2 Å². The van der Waals surface area contributed by atoms with Gasteiger partial charge in [-0.2, -0.15) is 0 Å². The van der Waals surface area contributed by atoms with E-state index in [1.807, 2.05) is 39.0 Å². The van der Waals surface area contributed by atoms with E-state index < -0.39 is 5.41 Å². The van der Waals surface area contributed by atoms with Crippen LogP contribution in [0.3, 0.4) is 0 Å². The summed E-state index contributed by atoms with van der Waals surface area (Å²) in [6, 6.07) is 9.74. The number of benzene rings is 1. The number of piperidine rings is 2. The Balaban J connectivity index is 1.53. The normalized spacial score (nSPS) is 27.8. The average molecular weight is 1030 g/mol. The number of hydrogen-bond donors (Lipinski definition) is 0. The van der Waals surface area contributed by atoms with E-state index in [4.69, 9.17) is 19.5 Å². The summed E-state index contributed by atoms with van der Waals surface area (Å²) in [5.41, 5.74) is 1.60. The minimum absolute atomic E-state index is 0.0777. The van der Waals surface area contributed by atoms with Crippen LogP contribution in [0.4, 0.5) is 0 Å². The van der Waals surface area contributed by atoms with E-state index in [9.17, 15) is 9.59 Å².